The number of carbonyl (C=O) groups excluding carboxylic acids is 3. The lowest BCUT2D eigenvalue weighted by Crippen LogP contribution is -2.31. The number of amides is 2. The Morgan fingerprint density at radius 2 is 1.76 bits per heavy atom. The molecule has 1 heterocycles. The monoisotopic (exact) mass is 459 g/mol. The van der Waals surface area contributed by atoms with E-state index in [4.69, 9.17) is 9.47 Å². The lowest BCUT2D eigenvalue weighted by Gasteiger charge is -2.13. The summed E-state index contributed by atoms with van der Waals surface area (Å²) >= 11 is 3.31. The molecule has 2 aromatic carbocycles. The molecule has 0 aromatic heterocycles. The highest BCUT2D eigenvalue weighted by molar-refractivity contribution is 9.10. The van der Waals surface area contributed by atoms with Crippen molar-refractivity contribution in [1.82, 2.24) is 4.90 Å². The Morgan fingerprint density at radius 1 is 1.03 bits per heavy atom. The lowest BCUT2D eigenvalue weighted by atomic mass is 10.1. The molecule has 0 bridgehead atoms. The van der Waals surface area contributed by atoms with Gasteiger partial charge in [0.05, 0.1) is 24.3 Å². The highest BCUT2D eigenvalue weighted by atomic mass is 79.9. The fourth-order valence-electron chi connectivity index (χ4n) is 3.11. The van der Waals surface area contributed by atoms with E-state index >= 15 is 0 Å². The minimum atomic E-state index is -0.312. The summed E-state index contributed by atoms with van der Waals surface area (Å²) in [6, 6.07) is 12.6. The number of nitrogens with zero attached hydrogens (tertiary/aromatic N) is 1. The van der Waals surface area contributed by atoms with E-state index in [1.54, 1.807) is 18.2 Å². The largest absolute Gasteiger partial charge is 0.494 e. The smallest absolute Gasteiger partial charge is 0.306 e. The standard InChI is InChI=1S/C22H22BrNO5/c1-2-28-17-8-4-15(5-9-17)6-11-20(25)29-13-3-12-24-21(26)18-10-7-16(23)14-19(18)22(24)27/h4-5,7-10,14H,2-3,6,11-13H2,1H3. The predicted octanol–water partition coefficient (Wildman–Crippen LogP) is 4.01. The zero-order valence-corrected chi connectivity index (χ0v) is 17.7. The SMILES string of the molecule is CCOc1ccc(CCC(=O)OCCCN2C(=O)c3ccc(Br)cc3C2=O)cc1. The Labute approximate surface area is 177 Å². The number of carbonyl (C=O) groups is 3. The van der Waals surface area contributed by atoms with Crippen molar-refractivity contribution in [2.45, 2.75) is 26.2 Å². The van der Waals surface area contributed by atoms with Crippen LogP contribution in [0.3, 0.4) is 0 Å². The molecule has 29 heavy (non-hydrogen) atoms. The number of esters is 1. The Morgan fingerprint density at radius 3 is 2.48 bits per heavy atom. The fraction of sp³-hybridized carbons (Fsp3) is 0.318. The number of imide groups is 1. The normalized spacial score (nSPS) is 12.8. The van der Waals surface area contributed by atoms with Gasteiger partial charge in [0.15, 0.2) is 0 Å². The van der Waals surface area contributed by atoms with Crippen molar-refractivity contribution in [3.63, 3.8) is 0 Å². The van der Waals surface area contributed by atoms with Gasteiger partial charge in [0.25, 0.3) is 11.8 Å². The van der Waals surface area contributed by atoms with Crippen LogP contribution < -0.4 is 4.74 Å². The van der Waals surface area contributed by atoms with Gasteiger partial charge in [-0.15, -0.1) is 0 Å². The van der Waals surface area contributed by atoms with E-state index in [0.29, 0.717) is 30.6 Å². The first-order chi connectivity index (χ1) is 14.0. The van der Waals surface area contributed by atoms with Crippen molar-refractivity contribution >= 4 is 33.7 Å². The third kappa shape index (κ3) is 5.23. The summed E-state index contributed by atoms with van der Waals surface area (Å²) in [5.74, 6) is -0.114. The van der Waals surface area contributed by atoms with Crippen LogP contribution in [0, 0.1) is 0 Å². The maximum atomic E-state index is 12.4. The van der Waals surface area contributed by atoms with Gasteiger partial charge >= 0.3 is 5.97 Å². The van der Waals surface area contributed by atoms with Crippen molar-refractivity contribution in [2.75, 3.05) is 19.8 Å². The van der Waals surface area contributed by atoms with Crippen LogP contribution in [0.1, 0.15) is 46.0 Å². The van der Waals surface area contributed by atoms with Crippen molar-refractivity contribution in [2.24, 2.45) is 0 Å². The summed E-state index contributed by atoms with van der Waals surface area (Å²) in [5.41, 5.74) is 1.84. The minimum Gasteiger partial charge on any atom is -0.494 e. The van der Waals surface area contributed by atoms with Crippen LogP contribution in [0.4, 0.5) is 0 Å². The quantitative estimate of drug-likeness (QED) is 0.321. The third-order valence-electron chi connectivity index (χ3n) is 4.57. The fourth-order valence-corrected chi connectivity index (χ4v) is 3.47. The third-order valence-corrected chi connectivity index (χ3v) is 5.07. The molecular weight excluding hydrogens is 438 g/mol. The van der Waals surface area contributed by atoms with Gasteiger partial charge in [-0.05, 0) is 55.7 Å². The summed E-state index contributed by atoms with van der Waals surface area (Å²) in [6.07, 6.45) is 1.26. The van der Waals surface area contributed by atoms with E-state index in [1.165, 1.54) is 4.90 Å². The zero-order valence-electron chi connectivity index (χ0n) is 16.2. The average molecular weight is 460 g/mol. The molecule has 0 spiro atoms. The van der Waals surface area contributed by atoms with Crippen LogP contribution in [-0.2, 0) is 16.0 Å². The van der Waals surface area contributed by atoms with Crippen LogP contribution in [0.15, 0.2) is 46.9 Å². The summed E-state index contributed by atoms with van der Waals surface area (Å²) in [7, 11) is 0. The van der Waals surface area contributed by atoms with Crippen LogP contribution in [-0.4, -0.2) is 42.4 Å². The van der Waals surface area contributed by atoms with Crippen molar-refractivity contribution in [3.8, 4) is 5.75 Å². The Bertz CT molecular complexity index is 910. The number of hydrogen-bond donors (Lipinski definition) is 0. The first-order valence-electron chi connectivity index (χ1n) is 9.52. The summed E-state index contributed by atoms with van der Waals surface area (Å²) in [4.78, 5) is 37.8. The number of hydrogen-bond acceptors (Lipinski definition) is 5. The van der Waals surface area contributed by atoms with E-state index in [2.05, 4.69) is 15.9 Å². The molecule has 2 amide bonds. The van der Waals surface area contributed by atoms with Gasteiger partial charge in [0, 0.05) is 17.4 Å². The summed E-state index contributed by atoms with van der Waals surface area (Å²) < 4.78 is 11.4. The van der Waals surface area contributed by atoms with Gasteiger partial charge in [-0.2, -0.15) is 0 Å². The number of aryl methyl sites for hydroxylation is 1. The number of benzene rings is 2. The topological polar surface area (TPSA) is 72.9 Å². The predicted molar refractivity (Wildman–Crippen MR) is 111 cm³/mol. The molecule has 0 aliphatic carbocycles. The van der Waals surface area contributed by atoms with Crippen molar-refractivity contribution in [3.05, 3.63) is 63.6 Å². The second-order valence-electron chi connectivity index (χ2n) is 6.60. The Hall–Kier alpha value is -2.67. The molecule has 0 unspecified atom stereocenters. The van der Waals surface area contributed by atoms with E-state index in [-0.39, 0.29) is 37.4 Å². The van der Waals surface area contributed by atoms with Gasteiger partial charge in [-0.25, -0.2) is 0 Å². The van der Waals surface area contributed by atoms with Crippen LogP contribution in [0.5, 0.6) is 5.75 Å². The van der Waals surface area contributed by atoms with Gasteiger partial charge in [-0.1, -0.05) is 28.1 Å². The van der Waals surface area contributed by atoms with Gasteiger partial charge in [0.1, 0.15) is 5.75 Å². The van der Waals surface area contributed by atoms with Crippen molar-refractivity contribution < 1.29 is 23.9 Å². The summed E-state index contributed by atoms with van der Waals surface area (Å²) in [5, 5.41) is 0. The molecule has 0 saturated heterocycles. The highest BCUT2D eigenvalue weighted by Gasteiger charge is 2.35. The van der Waals surface area contributed by atoms with E-state index in [9.17, 15) is 14.4 Å². The van der Waals surface area contributed by atoms with Gasteiger partial charge in [-0.3, -0.25) is 19.3 Å². The van der Waals surface area contributed by atoms with Crippen LogP contribution in [0.2, 0.25) is 0 Å². The second-order valence-corrected chi connectivity index (χ2v) is 7.52. The molecule has 0 saturated carbocycles. The molecule has 2 aromatic rings. The first-order valence-corrected chi connectivity index (χ1v) is 10.3. The maximum absolute atomic E-state index is 12.4. The number of rotatable bonds is 9. The van der Waals surface area contributed by atoms with Crippen LogP contribution in [0.25, 0.3) is 0 Å². The second kappa shape index (κ2) is 9.69. The molecule has 7 heteroatoms. The number of halogens is 1. The Balaban J connectivity index is 1.39. The lowest BCUT2D eigenvalue weighted by molar-refractivity contribution is -0.143. The molecular formula is C22H22BrNO5. The first kappa shape index (κ1) is 21.0. The highest BCUT2D eigenvalue weighted by Crippen LogP contribution is 2.26. The van der Waals surface area contributed by atoms with Crippen LogP contribution >= 0.6 is 15.9 Å². The molecule has 0 atom stereocenters. The Kier molecular flexibility index (Phi) is 7.04. The van der Waals surface area contributed by atoms with Gasteiger partial charge in [0.2, 0.25) is 0 Å². The molecule has 0 N–H and O–H groups in total. The molecule has 1 aliphatic rings. The van der Waals surface area contributed by atoms with E-state index < -0.39 is 0 Å². The molecule has 1 aliphatic heterocycles. The molecule has 152 valence electrons. The molecule has 3 rings (SSSR count). The molecule has 0 radical (unpaired) electrons. The number of fused-ring (bicyclic) bond motifs is 1. The van der Waals surface area contributed by atoms with Crippen molar-refractivity contribution in [1.29, 1.82) is 0 Å². The van der Waals surface area contributed by atoms with E-state index in [1.807, 2.05) is 31.2 Å². The van der Waals surface area contributed by atoms with E-state index in [0.717, 1.165) is 15.8 Å². The average Bonchev–Trinajstić information content (AvgIpc) is 2.95. The van der Waals surface area contributed by atoms with Gasteiger partial charge < -0.3 is 9.47 Å². The molecule has 0 fully saturated rings. The zero-order chi connectivity index (χ0) is 20.8. The maximum Gasteiger partial charge on any atom is 0.306 e. The molecule has 6 nitrogen and oxygen atoms in total. The minimum absolute atomic E-state index is 0.166. The number of ether oxygens (including phenoxy) is 2. The summed E-state index contributed by atoms with van der Waals surface area (Å²) in [6.45, 7) is 2.93.